The smallest absolute Gasteiger partial charge is 0.338 e. The van der Waals surface area contributed by atoms with Crippen molar-refractivity contribution in [3.8, 4) is 0 Å². The van der Waals surface area contributed by atoms with Gasteiger partial charge in [0.2, 0.25) is 0 Å². The van der Waals surface area contributed by atoms with Crippen molar-refractivity contribution in [3.05, 3.63) is 65.2 Å². The van der Waals surface area contributed by atoms with Gasteiger partial charge in [-0.3, -0.25) is 4.79 Å². The Morgan fingerprint density at radius 1 is 1.19 bits per heavy atom. The molecular weight excluding hydrogens is 330 g/mol. The lowest BCUT2D eigenvalue weighted by Gasteiger charge is -2.28. The molecule has 26 heavy (non-hydrogen) atoms. The van der Waals surface area contributed by atoms with Crippen molar-refractivity contribution in [1.82, 2.24) is 0 Å². The number of fused-ring (bicyclic) bond motifs is 1. The van der Waals surface area contributed by atoms with Crippen molar-refractivity contribution in [3.63, 3.8) is 0 Å². The molecule has 5 heteroatoms. The molecule has 1 N–H and O–H groups in total. The second-order valence-corrected chi connectivity index (χ2v) is 6.66. The summed E-state index contributed by atoms with van der Waals surface area (Å²) in [6, 6.07) is 15.1. The van der Waals surface area contributed by atoms with Crippen LogP contribution in [0, 0.1) is 0 Å². The van der Waals surface area contributed by atoms with Crippen LogP contribution in [0.15, 0.2) is 48.5 Å². The lowest BCUT2D eigenvalue weighted by atomic mass is 10.0. The molecule has 2 aromatic rings. The van der Waals surface area contributed by atoms with Crippen LogP contribution in [0.25, 0.3) is 0 Å². The van der Waals surface area contributed by atoms with Crippen LogP contribution in [-0.4, -0.2) is 30.1 Å². The van der Waals surface area contributed by atoms with E-state index in [-0.39, 0.29) is 25.0 Å². The van der Waals surface area contributed by atoms with Crippen LogP contribution >= 0.6 is 0 Å². The van der Waals surface area contributed by atoms with E-state index in [9.17, 15) is 9.59 Å². The zero-order valence-corrected chi connectivity index (χ0v) is 14.9. The number of nitrogens with zero attached hydrogens (tertiary/aromatic N) is 1. The average Bonchev–Trinajstić information content (AvgIpc) is 2.79. The summed E-state index contributed by atoms with van der Waals surface area (Å²) in [6.07, 6.45) is 2.74. The van der Waals surface area contributed by atoms with Gasteiger partial charge in [0.15, 0.2) is 0 Å². The molecule has 2 aromatic carbocycles. The summed E-state index contributed by atoms with van der Waals surface area (Å²) in [7, 11) is 1.90. The summed E-state index contributed by atoms with van der Waals surface area (Å²) in [5.74, 6) is -1.17. The van der Waals surface area contributed by atoms with Gasteiger partial charge >= 0.3 is 11.9 Å². The van der Waals surface area contributed by atoms with Crippen LogP contribution in [-0.2, 0) is 22.6 Å². The van der Waals surface area contributed by atoms with Crippen LogP contribution in [0.3, 0.4) is 0 Å². The first-order valence-electron chi connectivity index (χ1n) is 8.83. The molecule has 0 saturated carbocycles. The summed E-state index contributed by atoms with van der Waals surface area (Å²) >= 11 is 0. The largest absolute Gasteiger partial charge is 0.481 e. The molecule has 136 valence electrons. The zero-order chi connectivity index (χ0) is 18.5. The number of ether oxygens (including phenoxy) is 1. The first-order chi connectivity index (χ1) is 12.5. The molecule has 1 aliphatic rings. The summed E-state index contributed by atoms with van der Waals surface area (Å²) < 4.78 is 5.41. The normalized spacial score (nSPS) is 16.5. The molecule has 0 bridgehead atoms. The molecule has 1 aliphatic heterocycles. The van der Waals surface area contributed by atoms with E-state index in [0.717, 1.165) is 36.1 Å². The number of anilines is 1. The Morgan fingerprint density at radius 3 is 2.69 bits per heavy atom. The van der Waals surface area contributed by atoms with E-state index >= 15 is 0 Å². The number of carbonyl (C=O) groups is 2. The number of carbonyl (C=O) groups excluding carboxylic acids is 1. The molecule has 5 nitrogen and oxygen atoms in total. The Kier molecular flexibility index (Phi) is 5.56. The van der Waals surface area contributed by atoms with Crippen LogP contribution in [0.2, 0.25) is 0 Å². The summed E-state index contributed by atoms with van der Waals surface area (Å²) in [6.45, 7) is 0.230. The number of hydrogen-bond donors (Lipinski definition) is 1. The van der Waals surface area contributed by atoms with E-state index in [0.29, 0.717) is 5.56 Å². The number of carboxylic acid groups (broad SMARTS) is 1. The van der Waals surface area contributed by atoms with Crippen molar-refractivity contribution in [2.75, 3.05) is 11.9 Å². The van der Waals surface area contributed by atoms with Crippen LogP contribution in [0.1, 0.15) is 40.7 Å². The Balaban J connectivity index is 1.76. The third kappa shape index (κ3) is 4.23. The second-order valence-electron chi connectivity index (χ2n) is 6.66. The van der Waals surface area contributed by atoms with Crippen molar-refractivity contribution in [1.29, 1.82) is 0 Å². The maximum absolute atomic E-state index is 12.4. The summed E-state index contributed by atoms with van der Waals surface area (Å²) in [4.78, 5) is 25.5. The average molecular weight is 353 g/mol. The minimum atomic E-state index is -0.802. The quantitative estimate of drug-likeness (QED) is 0.831. The van der Waals surface area contributed by atoms with E-state index in [1.165, 1.54) is 0 Å². The molecule has 0 spiro atoms. The highest BCUT2D eigenvalue weighted by atomic mass is 16.5. The van der Waals surface area contributed by atoms with E-state index in [1.54, 1.807) is 6.07 Å². The number of aryl methyl sites for hydroxylation is 1. The molecule has 0 aromatic heterocycles. The SMILES string of the molecule is CN1c2cc(C(=O)OCc3ccccc3)ccc2CCCC1CC(=O)O. The fourth-order valence-corrected chi connectivity index (χ4v) is 3.40. The highest BCUT2D eigenvalue weighted by Crippen LogP contribution is 2.31. The molecule has 1 atom stereocenters. The van der Waals surface area contributed by atoms with Crippen molar-refractivity contribution < 1.29 is 19.4 Å². The number of aliphatic carboxylic acids is 1. The minimum absolute atomic E-state index is 0.0654. The van der Waals surface area contributed by atoms with Crippen molar-refractivity contribution >= 4 is 17.6 Å². The first-order valence-corrected chi connectivity index (χ1v) is 8.83. The fourth-order valence-electron chi connectivity index (χ4n) is 3.40. The number of carboxylic acids is 1. The van der Waals surface area contributed by atoms with Gasteiger partial charge < -0.3 is 14.7 Å². The van der Waals surface area contributed by atoms with E-state index in [2.05, 4.69) is 0 Å². The molecule has 0 amide bonds. The highest BCUT2D eigenvalue weighted by molar-refractivity contribution is 5.91. The van der Waals surface area contributed by atoms with Crippen molar-refractivity contribution in [2.45, 2.75) is 38.3 Å². The predicted octanol–water partition coefficient (Wildman–Crippen LogP) is 3.66. The number of hydrogen-bond acceptors (Lipinski definition) is 4. The summed E-state index contributed by atoms with van der Waals surface area (Å²) in [5, 5.41) is 9.14. The van der Waals surface area contributed by atoms with Crippen LogP contribution in [0.5, 0.6) is 0 Å². The highest BCUT2D eigenvalue weighted by Gasteiger charge is 2.24. The molecule has 0 radical (unpaired) electrons. The van der Waals surface area contributed by atoms with Crippen molar-refractivity contribution in [2.24, 2.45) is 0 Å². The Morgan fingerprint density at radius 2 is 1.96 bits per heavy atom. The molecule has 0 aliphatic carbocycles. The molecule has 0 saturated heterocycles. The van der Waals surface area contributed by atoms with Crippen LogP contribution < -0.4 is 4.90 Å². The number of esters is 1. The number of benzene rings is 2. The zero-order valence-electron chi connectivity index (χ0n) is 14.9. The van der Waals surface area contributed by atoms with Gasteiger partial charge in [0, 0.05) is 18.8 Å². The molecule has 1 unspecified atom stereocenters. The predicted molar refractivity (Wildman–Crippen MR) is 99.4 cm³/mol. The minimum Gasteiger partial charge on any atom is -0.481 e. The monoisotopic (exact) mass is 353 g/mol. The number of rotatable bonds is 5. The van der Waals surface area contributed by atoms with Gasteiger partial charge in [0.25, 0.3) is 0 Å². The van der Waals surface area contributed by atoms with Gasteiger partial charge in [0.1, 0.15) is 6.61 Å². The first kappa shape index (κ1) is 18.0. The Labute approximate surface area is 153 Å². The Hall–Kier alpha value is -2.82. The maximum atomic E-state index is 12.4. The topological polar surface area (TPSA) is 66.8 Å². The van der Waals surface area contributed by atoms with E-state index in [1.807, 2.05) is 54.4 Å². The Bertz CT molecular complexity index is 788. The second kappa shape index (κ2) is 8.04. The molecule has 1 heterocycles. The third-order valence-corrected chi connectivity index (χ3v) is 4.86. The van der Waals surface area contributed by atoms with Gasteiger partial charge in [-0.25, -0.2) is 4.79 Å². The van der Waals surface area contributed by atoms with E-state index in [4.69, 9.17) is 9.84 Å². The third-order valence-electron chi connectivity index (χ3n) is 4.86. The van der Waals surface area contributed by atoms with Gasteiger partial charge in [-0.1, -0.05) is 36.4 Å². The molecule has 3 rings (SSSR count). The lowest BCUT2D eigenvalue weighted by molar-refractivity contribution is -0.137. The van der Waals surface area contributed by atoms with Gasteiger partial charge in [-0.05, 0) is 42.5 Å². The molecular formula is C21H23NO4. The fraction of sp³-hybridized carbons (Fsp3) is 0.333. The van der Waals surface area contributed by atoms with E-state index < -0.39 is 5.97 Å². The summed E-state index contributed by atoms with van der Waals surface area (Å²) in [5.41, 5.74) is 3.49. The standard InChI is InChI=1S/C21H23NO4/c1-22-18(13-20(23)24)9-5-8-16-10-11-17(12-19(16)22)21(25)26-14-15-6-3-2-4-7-15/h2-4,6-7,10-12,18H,5,8-9,13-14H2,1H3,(H,23,24). The van der Waals surface area contributed by atoms with Crippen LogP contribution in [0.4, 0.5) is 5.69 Å². The lowest BCUT2D eigenvalue weighted by Crippen LogP contribution is -2.33. The van der Waals surface area contributed by atoms with Gasteiger partial charge in [0.05, 0.1) is 12.0 Å². The maximum Gasteiger partial charge on any atom is 0.338 e. The molecule has 0 fully saturated rings. The van der Waals surface area contributed by atoms with Gasteiger partial charge in [-0.15, -0.1) is 0 Å². The van der Waals surface area contributed by atoms with Gasteiger partial charge in [-0.2, -0.15) is 0 Å².